The Balaban J connectivity index is 2.28. The predicted molar refractivity (Wildman–Crippen MR) is 89.9 cm³/mol. The summed E-state index contributed by atoms with van der Waals surface area (Å²) in [6.45, 7) is 6.76. The van der Waals surface area contributed by atoms with Crippen LogP contribution in [0.3, 0.4) is 0 Å². The molecule has 0 aromatic heterocycles. The molecule has 1 aromatic carbocycles. The maximum atomic E-state index is 12.7. The summed E-state index contributed by atoms with van der Waals surface area (Å²) in [5.41, 5.74) is 1.00. The molecule has 1 N–H and O–H groups in total. The Kier molecular flexibility index (Phi) is 5.84. The molecule has 8 heteroatoms. The van der Waals surface area contributed by atoms with Gasteiger partial charge in [0.05, 0.1) is 4.90 Å². The Morgan fingerprint density at radius 2 is 1.96 bits per heavy atom. The summed E-state index contributed by atoms with van der Waals surface area (Å²) in [7, 11) is -3.60. The zero-order valence-corrected chi connectivity index (χ0v) is 14.9. The Hall–Kier alpha value is -2.06. The first-order valence-corrected chi connectivity index (χ1v) is 9.20. The van der Waals surface area contributed by atoms with E-state index in [-0.39, 0.29) is 10.7 Å². The predicted octanol–water partition coefficient (Wildman–Crippen LogP) is 1.85. The van der Waals surface area contributed by atoms with Crippen LogP contribution >= 0.6 is 0 Å². The standard InChI is InChI=1S/C16H22N2O5S/c1-4-18(5-2)24(20,21)15-10-13(7-6-12(15)3)17-16(19)14-11-22-8-9-23-14/h6-7,10-11H,4-5,8-9H2,1-3H3,(H,17,19). The summed E-state index contributed by atoms with van der Waals surface area (Å²) in [6, 6.07) is 4.78. The van der Waals surface area contributed by atoms with Gasteiger partial charge in [-0.15, -0.1) is 0 Å². The molecular weight excluding hydrogens is 332 g/mol. The Morgan fingerprint density at radius 1 is 1.25 bits per heavy atom. The zero-order valence-electron chi connectivity index (χ0n) is 14.0. The molecule has 0 aliphatic carbocycles. The molecule has 7 nitrogen and oxygen atoms in total. The number of hydrogen-bond donors (Lipinski definition) is 1. The van der Waals surface area contributed by atoms with Gasteiger partial charge in [-0.25, -0.2) is 8.42 Å². The Labute approximate surface area is 142 Å². The van der Waals surface area contributed by atoms with Gasteiger partial charge in [0.15, 0.2) is 0 Å². The number of rotatable bonds is 6. The average Bonchev–Trinajstić information content (AvgIpc) is 2.58. The summed E-state index contributed by atoms with van der Waals surface area (Å²) in [4.78, 5) is 12.3. The van der Waals surface area contributed by atoms with Crippen LogP contribution in [0.1, 0.15) is 19.4 Å². The van der Waals surface area contributed by atoms with E-state index in [0.717, 1.165) is 0 Å². The van der Waals surface area contributed by atoms with Crippen LogP contribution in [0, 0.1) is 6.92 Å². The minimum Gasteiger partial charge on any atom is -0.494 e. The van der Waals surface area contributed by atoms with Crippen molar-refractivity contribution in [3.05, 3.63) is 35.8 Å². The average molecular weight is 354 g/mol. The molecular formula is C16H22N2O5S. The number of nitrogens with zero attached hydrogens (tertiary/aromatic N) is 1. The topological polar surface area (TPSA) is 84.9 Å². The normalized spacial score (nSPS) is 14.6. The van der Waals surface area contributed by atoms with E-state index in [4.69, 9.17) is 9.47 Å². The van der Waals surface area contributed by atoms with Crippen LogP contribution in [0.5, 0.6) is 0 Å². The van der Waals surface area contributed by atoms with Gasteiger partial charge in [0, 0.05) is 18.8 Å². The quantitative estimate of drug-likeness (QED) is 0.843. The second kappa shape index (κ2) is 7.67. The minimum absolute atomic E-state index is 0.0648. The van der Waals surface area contributed by atoms with E-state index in [2.05, 4.69) is 5.32 Å². The van der Waals surface area contributed by atoms with Crippen LogP contribution in [0.25, 0.3) is 0 Å². The lowest BCUT2D eigenvalue weighted by molar-refractivity contribution is -0.117. The molecule has 0 radical (unpaired) electrons. The number of anilines is 1. The minimum atomic E-state index is -3.60. The van der Waals surface area contributed by atoms with E-state index < -0.39 is 15.9 Å². The maximum absolute atomic E-state index is 12.7. The summed E-state index contributed by atoms with van der Waals surface area (Å²) in [5.74, 6) is -0.417. The van der Waals surface area contributed by atoms with Crippen LogP contribution in [0.4, 0.5) is 5.69 Å². The van der Waals surface area contributed by atoms with Crippen LogP contribution in [-0.2, 0) is 24.3 Å². The first-order chi connectivity index (χ1) is 11.4. The zero-order chi connectivity index (χ0) is 17.7. The lowest BCUT2D eigenvalue weighted by Gasteiger charge is -2.20. The third-order valence-electron chi connectivity index (χ3n) is 3.64. The highest BCUT2D eigenvalue weighted by Gasteiger charge is 2.24. The van der Waals surface area contributed by atoms with Gasteiger partial charge in [0.1, 0.15) is 19.5 Å². The smallest absolute Gasteiger partial charge is 0.294 e. The number of amides is 1. The molecule has 2 rings (SSSR count). The molecule has 0 saturated carbocycles. The fourth-order valence-electron chi connectivity index (χ4n) is 2.34. The van der Waals surface area contributed by atoms with Gasteiger partial charge >= 0.3 is 0 Å². The second-order valence-corrected chi connectivity index (χ2v) is 7.13. The number of nitrogens with one attached hydrogen (secondary N) is 1. The molecule has 0 atom stereocenters. The van der Waals surface area contributed by atoms with Crippen molar-refractivity contribution in [1.82, 2.24) is 4.31 Å². The van der Waals surface area contributed by atoms with E-state index in [1.807, 2.05) is 0 Å². The molecule has 1 aromatic rings. The summed E-state index contributed by atoms with van der Waals surface area (Å²) in [5, 5.41) is 2.63. The molecule has 1 aliphatic heterocycles. The van der Waals surface area contributed by atoms with Crippen molar-refractivity contribution in [3.63, 3.8) is 0 Å². The van der Waals surface area contributed by atoms with Crippen molar-refractivity contribution in [1.29, 1.82) is 0 Å². The number of ether oxygens (including phenoxy) is 2. The number of carbonyl (C=O) groups excluding carboxylic acids is 1. The lowest BCUT2D eigenvalue weighted by atomic mass is 10.2. The summed E-state index contributed by atoms with van der Waals surface area (Å²) < 4.78 is 37.1. The maximum Gasteiger partial charge on any atom is 0.294 e. The fraction of sp³-hybridized carbons (Fsp3) is 0.438. The van der Waals surface area contributed by atoms with Crippen molar-refractivity contribution in [2.75, 3.05) is 31.6 Å². The van der Waals surface area contributed by atoms with Crippen molar-refractivity contribution in [2.45, 2.75) is 25.7 Å². The van der Waals surface area contributed by atoms with Gasteiger partial charge in [0.2, 0.25) is 15.8 Å². The summed E-state index contributed by atoms with van der Waals surface area (Å²) in [6.07, 6.45) is 1.25. The van der Waals surface area contributed by atoms with Crippen LogP contribution in [0.2, 0.25) is 0 Å². The number of sulfonamides is 1. The number of hydrogen-bond acceptors (Lipinski definition) is 5. The number of aryl methyl sites for hydroxylation is 1. The molecule has 1 heterocycles. The number of benzene rings is 1. The molecule has 1 aliphatic rings. The highest BCUT2D eigenvalue weighted by Crippen LogP contribution is 2.24. The van der Waals surface area contributed by atoms with Gasteiger partial charge in [-0.05, 0) is 24.6 Å². The van der Waals surface area contributed by atoms with Gasteiger partial charge in [-0.2, -0.15) is 4.31 Å². The highest BCUT2D eigenvalue weighted by molar-refractivity contribution is 7.89. The van der Waals surface area contributed by atoms with Crippen molar-refractivity contribution >= 4 is 21.6 Å². The van der Waals surface area contributed by atoms with E-state index in [1.165, 1.54) is 16.6 Å². The molecule has 24 heavy (non-hydrogen) atoms. The number of carbonyl (C=O) groups is 1. The van der Waals surface area contributed by atoms with E-state index in [0.29, 0.717) is 37.6 Å². The van der Waals surface area contributed by atoms with E-state index in [1.54, 1.807) is 32.9 Å². The first-order valence-electron chi connectivity index (χ1n) is 7.76. The fourth-order valence-corrected chi connectivity index (χ4v) is 4.05. The lowest BCUT2D eigenvalue weighted by Crippen LogP contribution is -2.31. The molecule has 0 spiro atoms. The van der Waals surface area contributed by atoms with Crippen LogP contribution in [0.15, 0.2) is 35.1 Å². The molecule has 0 saturated heterocycles. The summed E-state index contributed by atoms with van der Waals surface area (Å²) >= 11 is 0. The largest absolute Gasteiger partial charge is 0.494 e. The first kappa shape index (κ1) is 18.3. The molecule has 1 amide bonds. The molecule has 0 fully saturated rings. The van der Waals surface area contributed by atoms with Crippen LogP contribution < -0.4 is 5.32 Å². The molecule has 0 unspecified atom stereocenters. The molecule has 0 bridgehead atoms. The van der Waals surface area contributed by atoms with Gasteiger partial charge in [0.25, 0.3) is 5.91 Å². The van der Waals surface area contributed by atoms with Gasteiger partial charge in [-0.1, -0.05) is 19.9 Å². The monoisotopic (exact) mass is 354 g/mol. The Morgan fingerprint density at radius 3 is 2.54 bits per heavy atom. The van der Waals surface area contributed by atoms with Gasteiger partial charge < -0.3 is 14.8 Å². The van der Waals surface area contributed by atoms with E-state index >= 15 is 0 Å². The van der Waals surface area contributed by atoms with Crippen LogP contribution in [-0.4, -0.2) is 44.9 Å². The highest BCUT2D eigenvalue weighted by atomic mass is 32.2. The SMILES string of the molecule is CCN(CC)S(=O)(=O)c1cc(NC(=O)C2=COCCO2)ccc1C. The third-order valence-corrected chi connectivity index (χ3v) is 5.83. The van der Waals surface area contributed by atoms with Crippen molar-refractivity contribution < 1.29 is 22.7 Å². The van der Waals surface area contributed by atoms with Crippen molar-refractivity contribution in [3.8, 4) is 0 Å². The van der Waals surface area contributed by atoms with Crippen molar-refractivity contribution in [2.24, 2.45) is 0 Å². The van der Waals surface area contributed by atoms with Gasteiger partial charge in [-0.3, -0.25) is 4.79 Å². The van der Waals surface area contributed by atoms with E-state index in [9.17, 15) is 13.2 Å². The Bertz CT molecular complexity index is 739. The second-order valence-electron chi connectivity index (χ2n) is 5.23. The molecule has 132 valence electrons. The third kappa shape index (κ3) is 3.88.